The molecule has 2 aromatic rings. The number of hydrogen-bond donors (Lipinski definition) is 1. The molecule has 1 unspecified atom stereocenters. The highest BCUT2D eigenvalue weighted by Gasteiger charge is 2.29. The number of fused-ring (bicyclic) bond motifs is 1. The molecule has 1 aliphatic carbocycles. The summed E-state index contributed by atoms with van der Waals surface area (Å²) in [6.45, 7) is 4.65. The fourth-order valence-corrected chi connectivity index (χ4v) is 3.60. The molecule has 1 aromatic heterocycles. The molecule has 1 N–H and O–H groups in total. The molecular weight excluding hydrogens is 300 g/mol. The number of rotatable bonds is 4. The highest BCUT2D eigenvalue weighted by Crippen LogP contribution is 2.30. The Morgan fingerprint density at radius 2 is 2.17 bits per heavy atom. The standard InChI is InChI=1S/C19H24N4O/c1-13-4-2-6-16-17(13)18(22-12-21-16)23-9-3-5-15(11-23)19(24)20-10-14-7-8-14/h2,4,6,12,14-15H,3,5,7-11H2,1H3,(H,20,24). The fraction of sp³-hybridized carbons (Fsp3) is 0.526. The molecule has 5 heteroatoms. The molecule has 1 saturated heterocycles. The quantitative estimate of drug-likeness (QED) is 0.939. The Hall–Kier alpha value is -2.17. The first-order valence-electron chi connectivity index (χ1n) is 8.95. The molecule has 5 nitrogen and oxygen atoms in total. The topological polar surface area (TPSA) is 58.1 Å². The van der Waals surface area contributed by atoms with E-state index in [1.807, 2.05) is 12.1 Å². The third-order valence-corrected chi connectivity index (χ3v) is 5.20. The molecule has 0 radical (unpaired) electrons. The minimum absolute atomic E-state index is 0.0616. The van der Waals surface area contributed by atoms with Gasteiger partial charge in [-0.3, -0.25) is 4.79 Å². The maximum Gasteiger partial charge on any atom is 0.224 e. The summed E-state index contributed by atoms with van der Waals surface area (Å²) >= 11 is 0. The predicted molar refractivity (Wildman–Crippen MR) is 94.9 cm³/mol. The number of carbonyl (C=O) groups is 1. The second-order valence-electron chi connectivity index (χ2n) is 7.14. The van der Waals surface area contributed by atoms with Crippen molar-refractivity contribution in [1.29, 1.82) is 0 Å². The van der Waals surface area contributed by atoms with E-state index in [0.29, 0.717) is 0 Å². The SMILES string of the molecule is Cc1cccc2ncnc(N3CCCC(C(=O)NCC4CC4)C3)c12. The van der Waals surface area contributed by atoms with Gasteiger partial charge < -0.3 is 10.2 Å². The Labute approximate surface area is 142 Å². The van der Waals surface area contributed by atoms with Crippen LogP contribution in [-0.4, -0.2) is 35.5 Å². The summed E-state index contributed by atoms with van der Waals surface area (Å²) in [6.07, 6.45) is 6.16. The Morgan fingerprint density at radius 1 is 1.29 bits per heavy atom. The number of nitrogens with zero attached hydrogens (tertiary/aromatic N) is 3. The molecule has 126 valence electrons. The van der Waals surface area contributed by atoms with E-state index in [9.17, 15) is 4.79 Å². The maximum atomic E-state index is 12.5. The molecule has 1 aliphatic heterocycles. The molecule has 1 atom stereocenters. The van der Waals surface area contributed by atoms with Crippen molar-refractivity contribution in [3.63, 3.8) is 0 Å². The van der Waals surface area contributed by atoms with Crippen molar-refractivity contribution in [1.82, 2.24) is 15.3 Å². The van der Waals surface area contributed by atoms with Gasteiger partial charge >= 0.3 is 0 Å². The number of piperidine rings is 1. The van der Waals surface area contributed by atoms with E-state index in [2.05, 4.69) is 33.2 Å². The average Bonchev–Trinajstić information content (AvgIpc) is 3.44. The van der Waals surface area contributed by atoms with Crippen LogP contribution in [0.2, 0.25) is 0 Å². The van der Waals surface area contributed by atoms with Crippen LogP contribution in [0.3, 0.4) is 0 Å². The van der Waals surface area contributed by atoms with Crippen molar-refractivity contribution in [3.05, 3.63) is 30.1 Å². The summed E-state index contributed by atoms with van der Waals surface area (Å²) in [5.74, 6) is 1.97. The highest BCUT2D eigenvalue weighted by atomic mass is 16.1. The lowest BCUT2D eigenvalue weighted by atomic mass is 9.96. The molecule has 0 bridgehead atoms. The molecule has 2 aliphatic rings. The summed E-state index contributed by atoms with van der Waals surface area (Å²) in [5.41, 5.74) is 2.16. The second kappa shape index (κ2) is 6.38. The minimum Gasteiger partial charge on any atom is -0.356 e. The number of nitrogens with one attached hydrogen (secondary N) is 1. The van der Waals surface area contributed by atoms with Crippen LogP contribution in [0.4, 0.5) is 5.82 Å². The Bertz CT molecular complexity index is 751. The monoisotopic (exact) mass is 324 g/mol. The summed E-state index contributed by atoms with van der Waals surface area (Å²) in [4.78, 5) is 23.7. The van der Waals surface area contributed by atoms with Crippen molar-refractivity contribution in [3.8, 4) is 0 Å². The zero-order valence-electron chi connectivity index (χ0n) is 14.2. The van der Waals surface area contributed by atoms with Crippen LogP contribution < -0.4 is 10.2 Å². The lowest BCUT2D eigenvalue weighted by molar-refractivity contribution is -0.125. The maximum absolute atomic E-state index is 12.5. The van der Waals surface area contributed by atoms with Gasteiger partial charge in [0.1, 0.15) is 12.1 Å². The van der Waals surface area contributed by atoms with E-state index in [1.54, 1.807) is 6.33 Å². The molecule has 2 fully saturated rings. The third-order valence-electron chi connectivity index (χ3n) is 5.20. The molecule has 1 aromatic carbocycles. The highest BCUT2D eigenvalue weighted by molar-refractivity contribution is 5.92. The Morgan fingerprint density at radius 3 is 3.00 bits per heavy atom. The molecule has 2 heterocycles. The van der Waals surface area contributed by atoms with Gasteiger partial charge in [-0.25, -0.2) is 9.97 Å². The fourth-order valence-electron chi connectivity index (χ4n) is 3.60. The summed E-state index contributed by atoms with van der Waals surface area (Å²) in [7, 11) is 0. The van der Waals surface area contributed by atoms with Crippen LogP contribution in [0.5, 0.6) is 0 Å². The summed E-state index contributed by atoms with van der Waals surface area (Å²) in [6, 6.07) is 6.15. The second-order valence-corrected chi connectivity index (χ2v) is 7.14. The van der Waals surface area contributed by atoms with Gasteiger partial charge in [-0.05, 0) is 50.2 Å². The van der Waals surface area contributed by atoms with Crippen molar-refractivity contribution in [2.75, 3.05) is 24.5 Å². The van der Waals surface area contributed by atoms with Crippen LogP contribution >= 0.6 is 0 Å². The Balaban J connectivity index is 1.54. The van der Waals surface area contributed by atoms with Crippen molar-refractivity contribution in [2.24, 2.45) is 11.8 Å². The van der Waals surface area contributed by atoms with Gasteiger partial charge in [0.15, 0.2) is 0 Å². The molecular formula is C19H24N4O. The molecule has 24 heavy (non-hydrogen) atoms. The van der Waals surface area contributed by atoms with Crippen LogP contribution in [0.15, 0.2) is 24.5 Å². The molecule has 0 spiro atoms. The summed E-state index contributed by atoms with van der Waals surface area (Å²) in [5, 5.41) is 4.25. The van der Waals surface area contributed by atoms with Crippen molar-refractivity contribution in [2.45, 2.75) is 32.6 Å². The van der Waals surface area contributed by atoms with E-state index in [0.717, 1.165) is 55.1 Å². The normalized spacial score (nSPS) is 21.0. The first-order valence-corrected chi connectivity index (χ1v) is 8.95. The molecule has 1 saturated carbocycles. The van der Waals surface area contributed by atoms with Crippen molar-refractivity contribution < 1.29 is 4.79 Å². The number of hydrogen-bond acceptors (Lipinski definition) is 4. The van der Waals surface area contributed by atoms with E-state index in [-0.39, 0.29) is 11.8 Å². The number of benzene rings is 1. The van der Waals surface area contributed by atoms with Gasteiger partial charge in [0.25, 0.3) is 0 Å². The van der Waals surface area contributed by atoms with Crippen LogP contribution in [0, 0.1) is 18.8 Å². The first kappa shape index (κ1) is 15.4. The largest absolute Gasteiger partial charge is 0.356 e. The van der Waals surface area contributed by atoms with Gasteiger partial charge in [-0.15, -0.1) is 0 Å². The van der Waals surface area contributed by atoms with E-state index in [4.69, 9.17) is 0 Å². The predicted octanol–water partition coefficient (Wildman–Crippen LogP) is 2.68. The van der Waals surface area contributed by atoms with Crippen LogP contribution in [-0.2, 0) is 4.79 Å². The number of aryl methyl sites for hydroxylation is 1. The van der Waals surface area contributed by atoms with Crippen LogP contribution in [0.1, 0.15) is 31.2 Å². The molecule has 4 rings (SSSR count). The number of aromatic nitrogens is 2. The van der Waals surface area contributed by atoms with E-state index >= 15 is 0 Å². The van der Waals surface area contributed by atoms with Gasteiger partial charge in [-0.1, -0.05) is 12.1 Å². The van der Waals surface area contributed by atoms with E-state index < -0.39 is 0 Å². The number of anilines is 1. The lowest BCUT2D eigenvalue weighted by Crippen LogP contribution is -2.44. The first-order chi connectivity index (χ1) is 11.7. The lowest BCUT2D eigenvalue weighted by Gasteiger charge is -2.33. The van der Waals surface area contributed by atoms with Gasteiger partial charge in [0.05, 0.1) is 11.4 Å². The number of amides is 1. The van der Waals surface area contributed by atoms with Crippen molar-refractivity contribution >= 4 is 22.6 Å². The van der Waals surface area contributed by atoms with E-state index in [1.165, 1.54) is 18.4 Å². The minimum atomic E-state index is 0.0616. The number of carbonyl (C=O) groups excluding carboxylic acids is 1. The zero-order valence-corrected chi connectivity index (χ0v) is 14.2. The average molecular weight is 324 g/mol. The third kappa shape index (κ3) is 3.07. The smallest absolute Gasteiger partial charge is 0.224 e. The zero-order chi connectivity index (χ0) is 16.5. The van der Waals surface area contributed by atoms with Gasteiger partial charge in [0.2, 0.25) is 5.91 Å². The van der Waals surface area contributed by atoms with Crippen LogP contribution in [0.25, 0.3) is 10.9 Å². The van der Waals surface area contributed by atoms with Gasteiger partial charge in [-0.2, -0.15) is 0 Å². The molecule has 1 amide bonds. The van der Waals surface area contributed by atoms with Gasteiger partial charge in [0, 0.05) is 25.0 Å². The Kier molecular flexibility index (Phi) is 4.08. The summed E-state index contributed by atoms with van der Waals surface area (Å²) < 4.78 is 0.